The van der Waals surface area contributed by atoms with Gasteiger partial charge in [0.2, 0.25) is 0 Å². The van der Waals surface area contributed by atoms with E-state index < -0.39 is 11.0 Å². The van der Waals surface area contributed by atoms with E-state index in [9.17, 15) is 19.2 Å². The van der Waals surface area contributed by atoms with Crippen molar-refractivity contribution in [3.05, 3.63) is 77.4 Å². The number of fused-ring (bicyclic) bond motifs is 3. The predicted molar refractivity (Wildman–Crippen MR) is 80.8 cm³/mol. The van der Waals surface area contributed by atoms with E-state index in [4.69, 9.17) is 0 Å². The first-order chi connectivity index (χ1) is 10.1. The highest BCUT2D eigenvalue weighted by atomic mass is 16.2. The lowest BCUT2D eigenvalue weighted by Gasteiger charge is -2.00. The second-order valence-corrected chi connectivity index (χ2v) is 4.93. The molecule has 0 radical (unpaired) electrons. The van der Waals surface area contributed by atoms with Crippen molar-refractivity contribution in [1.82, 2.24) is 4.98 Å². The zero-order valence-electron chi connectivity index (χ0n) is 10.6. The number of benzene rings is 3. The molecule has 0 saturated heterocycles. The number of hydrogen-bond acceptors (Lipinski definition) is 4. The fourth-order valence-corrected chi connectivity index (χ4v) is 2.74. The molecule has 4 aromatic rings. The summed E-state index contributed by atoms with van der Waals surface area (Å²) in [5, 5.41) is 1.18. The normalized spacial score (nSPS) is 11.6. The van der Waals surface area contributed by atoms with Gasteiger partial charge in [-0.1, -0.05) is 24.3 Å². The van der Waals surface area contributed by atoms with Crippen LogP contribution in [0.5, 0.6) is 0 Å². The second kappa shape index (κ2) is 3.73. The topological polar surface area (TPSA) is 84.1 Å². The molecule has 0 saturated carbocycles. The zero-order valence-corrected chi connectivity index (χ0v) is 10.6. The van der Waals surface area contributed by atoms with Crippen molar-refractivity contribution in [2.45, 2.75) is 0 Å². The molecule has 0 bridgehead atoms. The van der Waals surface area contributed by atoms with Crippen LogP contribution in [-0.2, 0) is 0 Å². The molecule has 100 valence electrons. The molecule has 1 N–H and O–H groups in total. The average molecular weight is 277 g/mol. The third-order valence-electron chi connectivity index (χ3n) is 3.76. The van der Waals surface area contributed by atoms with E-state index in [0.29, 0.717) is 10.8 Å². The lowest BCUT2D eigenvalue weighted by molar-refractivity contribution is 1.33. The molecule has 0 aliphatic rings. The van der Waals surface area contributed by atoms with Crippen LogP contribution >= 0.6 is 0 Å². The summed E-state index contributed by atoms with van der Waals surface area (Å²) in [5.41, 5.74) is -1.74. The van der Waals surface area contributed by atoms with Crippen molar-refractivity contribution < 1.29 is 0 Å². The van der Waals surface area contributed by atoms with Gasteiger partial charge in [-0.05, 0) is 12.1 Å². The second-order valence-electron chi connectivity index (χ2n) is 4.93. The molecule has 21 heavy (non-hydrogen) atoms. The molecule has 0 aliphatic heterocycles. The van der Waals surface area contributed by atoms with Crippen LogP contribution in [0.15, 0.2) is 55.6 Å². The molecule has 0 unspecified atom stereocenters. The van der Waals surface area contributed by atoms with E-state index in [1.54, 1.807) is 24.3 Å². The van der Waals surface area contributed by atoms with E-state index >= 15 is 0 Å². The van der Waals surface area contributed by atoms with Gasteiger partial charge in [-0.3, -0.25) is 19.2 Å². The van der Waals surface area contributed by atoms with Crippen molar-refractivity contribution in [3.8, 4) is 0 Å². The number of hydrogen-bond donors (Lipinski definition) is 1. The molecule has 0 spiro atoms. The van der Waals surface area contributed by atoms with Crippen molar-refractivity contribution >= 4 is 32.4 Å². The predicted octanol–water partition coefficient (Wildman–Crippen LogP) is 0.791. The summed E-state index contributed by atoms with van der Waals surface area (Å²) < 4.78 is 0. The Morgan fingerprint density at radius 2 is 1.19 bits per heavy atom. The van der Waals surface area contributed by atoms with Gasteiger partial charge in [0.15, 0.2) is 10.9 Å². The highest BCUT2D eigenvalue weighted by Crippen LogP contribution is 2.17. The van der Waals surface area contributed by atoms with E-state index in [1.165, 1.54) is 12.1 Å². The van der Waals surface area contributed by atoms with Crippen LogP contribution in [0, 0.1) is 0 Å². The molecule has 0 fully saturated rings. The summed E-state index contributed by atoms with van der Waals surface area (Å²) >= 11 is 0. The van der Waals surface area contributed by atoms with Crippen molar-refractivity contribution in [1.29, 1.82) is 0 Å². The van der Waals surface area contributed by atoms with Crippen molar-refractivity contribution in [2.24, 2.45) is 0 Å². The highest BCUT2D eigenvalue weighted by molar-refractivity contribution is 6.03. The number of aromatic nitrogens is 1. The molecular weight excluding hydrogens is 270 g/mol. The highest BCUT2D eigenvalue weighted by Gasteiger charge is 2.14. The minimum Gasteiger partial charge on any atom is -0.318 e. The summed E-state index contributed by atoms with van der Waals surface area (Å²) in [5.74, 6) is 0. The van der Waals surface area contributed by atoms with Gasteiger partial charge >= 0.3 is 0 Å². The molecular formula is C16H7NO4. The largest absolute Gasteiger partial charge is 0.318 e. The van der Waals surface area contributed by atoms with E-state index in [1.807, 2.05) is 0 Å². The third kappa shape index (κ3) is 1.40. The van der Waals surface area contributed by atoms with Gasteiger partial charge in [0, 0.05) is 21.5 Å². The summed E-state index contributed by atoms with van der Waals surface area (Å²) in [7, 11) is 0. The van der Waals surface area contributed by atoms with Crippen LogP contribution < -0.4 is 21.8 Å². The monoisotopic (exact) mass is 277 g/mol. The number of H-pyrrole nitrogens is 1. The zero-order chi connectivity index (χ0) is 14.7. The maximum atomic E-state index is 12.5. The molecule has 3 aromatic carbocycles. The van der Waals surface area contributed by atoms with Gasteiger partial charge in [0.25, 0.3) is 11.0 Å². The van der Waals surface area contributed by atoms with Crippen molar-refractivity contribution in [3.63, 3.8) is 0 Å². The van der Waals surface area contributed by atoms with Crippen LogP contribution in [0.4, 0.5) is 0 Å². The lowest BCUT2D eigenvalue weighted by Crippen LogP contribution is -2.19. The van der Waals surface area contributed by atoms with Gasteiger partial charge in [-0.15, -0.1) is 0 Å². The minimum absolute atomic E-state index is 0.138. The fraction of sp³-hybridized carbons (Fsp3) is 0. The maximum absolute atomic E-state index is 12.5. The minimum atomic E-state index is -0.746. The molecule has 4 rings (SSSR count). The smallest absolute Gasteiger partial charge is 0.296 e. The molecule has 5 nitrogen and oxygen atoms in total. The summed E-state index contributed by atoms with van der Waals surface area (Å²) in [6, 6.07) is 9.28. The molecule has 0 atom stereocenters. The van der Waals surface area contributed by atoms with Gasteiger partial charge < -0.3 is 4.98 Å². The summed E-state index contributed by atoms with van der Waals surface area (Å²) in [4.78, 5) is 50.4. The van der Waals surface area contributed by atoms with E-state index in [-0.39, 0.29) is 32.5 Å². The average Bonchev–Trinajstić information content (AvgIpc) is 2.78. The van der Waals surface area contributed by atoms with Crippen LogP contribution in [0.2, 0.25) is 0 Å². The molecule has 0 amide bonds. The van der Waals surface area contributed by atoms with Gasteiger partial charge in [0.1, 0.15) is 0 Å². The van der Waals surface area contributed by atoms with Crippen molar-refractivity contribution in [2.75, 3.05) is 0 Å². The van der Waals surface area contributed by atoms with Crippen LogP contribution in [0.25, 0.3) is 32.4 Å². The molecule has 0 aliphatic carbocycles. The van der Waals surface area contributed by atoms with Crippen LogP contribution in [-0.4, -0.2) is 4.98 Å². The Hall–Kier alpha value is -3.08. The van der Waals surface area contributed by atoms with E-state index in [0.717, 1.165) is 0 Å². The van der Waals surface area contributed by atoms with Crippen LogP contribution in [0.3, 0.4) is 0 Å². The molecule has 1 aromatic heterocycles. The SMILES string of the molecule is O=c1[nH]c2cc3c(=O)c4ccccc4c(=O)c3cc2c1=O. The number of aromatic amines is 1. The molecule has 5 heteroatoms. The Bertz CT molecular complexity index is 1260. The summed E-state index contributed by atoms with van der Waals surface area (Å²) in [6.45, 7) is 0. The first-order valence-electron chi connectivity index (χ1n) is 6.30. The Labute approximate surface area is 115 Å². The van der Waals surface area contributed by atoms with Gasteiger partial charge in [0.05, 0.1) is 10.9 Å². The Kier molecular flexibility index (Phi) is 2.08. The lowest BCUT2D eigenvalue weighted by atomic mass is 10.0. The standard InChI is InChI=1S/C16H7NO4/c18-13-7-3-1-2-4-8(7)14(19)10-6-12-11(5-9(10)13)15(20)16(21)17-12/h1-6H,(H,17,20,21). The Morgan fingerprint density at radius 3 is 1.81 bits per heavy atom. The van der Waals surface area contributed by atoms with Gasteiger partial charge in [-0.2, -0.15) is 0 Å². The fourth-order valence-electron chi connectivity index (χ4n) is 2.74. The van der Waals surface area contributed by atoms with Crippen LogP contribution in [0.1, 0.15) is 0 Å². The van der Waals surface area contributed by atoms with Gasteiger partial charge in [-0.25, -0.2) is 0 Å². The first-order valence-corrected chi connectivity index (χ1v) is 6.30. The quantitative estimate of drug-likeness (QED) is 0.380. The van der Waals surface area contributed by atoms with E-state index in [2.05, 4.69) is 4.98 Å². The molecule has 1 heterocycles. The first kappa shape index (κ1) is 11.7. The summed E-state index contributed by atoms with van der Waals surface area (Å²) in [6.07, 6.45) is 0. The Balaban J connectivity index is 2.43. The third-order valence-corrected chi connectivity index (χ3v) is 3.76. The maximum Gasteiger partial charge on any atom is 0.296 e. The number of rotatable bonds is 0. The Morgan fingerprint density at radius 1 is 0.619 bits per heavy atom. The number of nitrogens with one attached hydrogen (secondary N) is 1.